The van der Waals surface area contributed by atoms with Crippen LogP contribution in [0.4, 0.5) is 0 Å². The van der Waals surface area contributed by atoms with E-state index in [0.717, 1.165) is 12.3 Å². The minimum atomic E-state index is -0.0257. The number of hydrogen-bond donors (Lipinski definition) is 1. The summed E-state index contributed by atoms with van der Waals surface area (Å²) in [5.74, 6) is 0. The van der Waals surface area contributed by atoms with Crippen LogP contribution in [0.2, 0.25) is 0 Å². The highest BCUT2D eigenvalue weighted by molar-refractivity contribution is 7.57. The predicted octanol–water partition coefficient (Wildman–Crippen LogP) is 1.83. The molecule has 0 aliphatic carbocycles. The maximum absolute atomic E-state index is 9.42. The zero-order valence-corrected chi connectivity index (χ0v) is 9.12. The van der Waals surface area contributed by atoms with E-state index in [1.807, 2.05) is 0 Å². The summed E-state index contributed by atoms with van der Waals surface area (Å²) in [4.78, 5) is 0. The second-order valence-corrected chi connectivity index (χ2v) is 8.23. The third kappa shape index (κ3) is 6.93. The minimum absolute atomic E-state index is 0.0257. The molecule has 3 heteroatoms. The standard InChI is InChI=1S/C7H18OP2/c1-9(2)5-7(8)6-10(3)4/h7-8H,5-6H2,1-4H3. The molecule has 0 saturated heterocycles. The van der Waals surface area contributed by atoms with Gasteiger partial charge in [-0.25, -0.2) is 0 Å². The molecule has 1 nitrogen and oxygen atoms in total. The Morgan fingerprint density at radius 3 is 1.50 bits per heavy atom. The van der Waals surface area contributed by atoms with Crippen molar-refractivity contribution in [1.82, 2.24) is 0 Å². The van der Waals surface area contributed by atoms with Gasteiger partial charge >= 0.3 is 0 Å². The molecule has 0 aromatic carbocycles. The monoisotopic (exact) mass is 180 g/mol. The van der Waals surface area contributed by atoms with E-state index in [0.29, 0.717) is 0 Å². The summed E-state index contributed by atoms with van der Waals surface area (Å²) in [5.41, 5.74) is 0. The second kappa shape index (κ2) is 5.47. The van der Waals surface area contributed by atoms with Crippen molar-refractivity contribution < 1.29 is 5.11 Å². The van der Waals surface area contributed by atoms with Crippen molar-refractivity contribution in [2.45, 2.75) is 6.10 Å². The van der Waals surface area contributed by atoms with Gasteiger partial charge in [-0.15, -0.1) is 15.8 Å². The molecule has 0 amide bonds. The molecule has 1 N–H and O–H groups in total. The van der Waals surface area contributed by atoms with Crippen LogP contribution in [-0.2, 0) is 0 Å². The lowest BCUT2D eigenvalue weighted by atomic mass is 10.5. The molecule has 0 aromatic heterocycles. The van der Waals surface area contributed by atoms with Gasteiger partial charge in [0.1, 0.15) is 0 Å². The van der Waals surface area contributed by atoms with Crippen LogP contribution in [0.25, 0.3) is 0 Å². The first-order valence-corrected chi connectivity index (χ1v) is 8.34. The zero-order valence-electron chi connectivity index (χ0n) is 7.33. The zero-order chi connectivity index (χ0) is 8.15. The molecule has 0 radical (unpaired) electrons. The van der Waals surface area contributed by atoms with E-state index in [-0.39, 0.29) is 21.9 Å². The van der Waals surface area contributed by atoms with Crippen molar-refractivity contribution in [3.05, 3.63) is 0 Å². The predicted molar refractivity (Wildman–Crippen MR) is 53.3 cm³/mol. The van der Waals surface area contributed by atoms with Crippen molar-refractivity contribution >= 4 is 15.8 Å². The van der Waals surface area contributed by atoms with Gasteiger partial charge in [0.05, 0.1) is 6.10 Å². The van der Waals surface area contributed by atoms with Gasteiger partial charge in [-0.05, 0) is 39.0 Å². The van der Waals surface area contributed by atoms with Crippen molar-refractivity contribution in [1.29, 1.82) is 0 Å². The van der Waals surface area contributed by atoms with E-state index in [4.69, 9.17) is 0 Å². The fourth-order valence-electron chi connectivity index (χ4n) is 0.901. The molecule has 0 rings (SSSR count). The fourth-order valence-corrected chi connectivity index (χ4v) is 3.05. The summed E-state index contributed by atoms with van der Waals surface area (Å²) in [5, 5.41) is 9.42. The second-order valence-electron chi connectivity index (χ2n) is 3.18. The van der Waals surface area contributed by atoms with Crippen molar-refractivity contribution in [3.8, 4) is 0 Å². The van der Waals surface area contributed by atoms with E-state index in [9.17, 15) is 5.11 Å². The molecule has 0 aromatic rings. The van der Waals surface area contributed by atoms with Crippen LogP contribution >= 0.6 is 15.8 Å². The number of rotatable bonds is 4. The Balaban J connectivity index is 3.34. The molecule has 0 unspecified atom stereocenters. The normalized spacial score (nSPS) is 12.0. The lowest BCUT2D eigenvalue weighted by molar-refractivity contribution is 0.223. The van der Waals surface area contributed by atoms with E-state index >= 15 is 0 Å². The fraction of sp³-hybridized carbons (Fsp3) is 1.00. The summed E-state index contributed by atoms with van der Waals surface area (Å²) in [6.45, 7) is 8.86. The molecule has 0 spiro atoms. The minimum Gasteiger partial charge on any atom is -0.392 e. The molecule has 0 saturated carbocycles. The van der Waals surface area contributed by atoms with E-state index in [1.165, 1.54) is 0 Å². The summed E-state index contributed by atoms with van der Waals surface area (Å²) in [6.07, 6.45) is 2.02. The molecule has 10 heavy (non-hydrogen) atoms. The Kier molecular flexibility index (Phi) is 5.92. The highest BCUT2D eigenvalue weighted by Gasteiger charge is 2.07. The molecule has 0 aliphatic rings. The average Bonchev–Trinajstić information content (AvgIpc) is 1.58. The van der Waals surface area contributed by atoms with Gasteiger partial charge in [0.15, 0.2) is 0 Å². The summed E-state index contributed by atoms with van der Waals surface area (Å²) >= 11 is 0. The first-order chi connectivity index (χ1) is 4.52. The van der Waals surface area contributed by atoms with Gasteiger partial charge in [-0.1, -0.05) is 0 Å². The smallest absolute Gasteiger partial charge is 0.0618 e. The van der Waals surface area contributed by atoms with Crippen molar-refractivity contribution in [2.24, 2.45) is 0 Å². The van der Waals surface area contributed by atoms with Crippen LogP contribution in [0, 0.1) is 0 Å². The maximum atomic E-state index is 9.42. The van der Waals surface area contributed by atoms with E-state index in [1.54, 1.807) is 0 Å². The SMILES string of the molecule is CP(C)CC(O)CP(C)C. The molecular formula is C7H18OP2. The Labute approximate surface area is 66.7 Å². The molecule has 62 valence electrons. The van der Waals surface area contributed by atoms with Crippen LogP contribution in [0.15, 0.2) is 0 Å². The molecular weight excluding hydrogens is 162 g/mol. The summed E-state index contributed by atoms with van der Waals surface area (Å²) in [6, 6.07) is 0. The van der Waals surface area contributed by atoms with Crippen LogP contribution in [0.1, 0.15) is 0 Å². The topological polar surface area (TPSA) is 20.2 Å². The van der Waals surface area contributed by atoms with Gasteiger partial charge in [0.2, 0.25) is 0 Å². The summed E-state index contributed by atoms with van der Waals surface area (Å²) in [7, 11) is 0.180. The van der Waals surface area contributed by atoms with Gasteiger partial charge in [-0.2, -0.15) is 0 Å². The number of hydrogen-bond acceptors (Lipinski definition) is 1. The Bertz CT molecular complexity index is 73.7. The van der Waals surface area contributed by atoms with Gasteiger partial charge in [-0.3, -0.25) is 0 Å². The molecule has 0 aliphatic heterocycles. The molecule has 0 atom stereocenters. The van der Waals surface area contributed by atoms with Crippen LogP contribution < -0.4 is 0 Å². The Morgan fingerprint density at radius 1 is 1.00 bits per heavy atom. The van der Waals surface area contributed by atoms with E-state index < -0.39 is 0 Å². The van der Waals surface area contributed by atoms with Gasteiger partial charge in [0.25, 0.3) is 0 Å². The third-order valence-corrected chi connectivity index (χ3v) is 3.46. The van der Waals surface area contributed by atoms with Crippen molar-refractivity contribution in [2.75, 3.05) is 39.0 Å². The van der Waals surface area contributed by atoms with Gasteiger partial charge < -0.3 is 5.11 Å². The van der Waals surface area contributed by atoms with Crippen LogP contribution in [0.3, 0.4) is 0 Å². The highest BCUT2D eigenvalue weighted by atomic mass is 31.1. The third-order valence-electron chi connectivity index (χ3n) is 1.15. The number of aliphatic hydroxyl groups is 1. The number of aliphatic hydroxyl groups excluding tert-OH is 1. The first-order valence-electron chi connectivity index (χ1n) is 3.50. The largest absolute Gasteiger partial charge is 0.392 e. The lowest BCUT2D eigenvalue weighted by Crippen LogP contribution is -2.14. The summed E-state index contributed by atoms with van der Waals surface area (Å²) < 4.78 is 0. The first kappa shape index (κ1) is 10.8. The molecule has 0 fully saturated rings. The maximum Gasteiger partial charge on any atom is 0.0618 e. The lowest BCUT2D eigenvalue weighted by Gasteiger charge is -2.15. The van der Waals surface area contributed by atoms with Crippen LogP contribution in [0.5, 0.6) is 0 Å². The van der Waals surface area contributed by atoms with Gasteiger partial charge in [0, 0.05) is 0 Å². The molecule has 0 heterocycles. The van der Waals surface area contributed by atoms with Crippen molar-refractivity contribution in [3.63, 3.8) is 0 Å². The Hall–Kier alpha value is 0.820. The highest BCUT2D eigenvalue weighted by Crippen LogP contribution is 2.31. The van der Waals surface area contributed by atoms with Crippen LogP contribution in [-0.4, -0.2) is 50.2 Å². The average molecular weight is 180 g/mol. The quantitative estimate of drug-likeness (QED) is 0.654. The van der Waals surface area contributed by atoms with E-state index in [2.05, 4.69) is 26.7 Å². The Morgan fingerprint density at radius 2 is 1.30 bits per heavy atom. The molecule has 0 bridgehead atoms.